The average molecular weight is 269 g/mol. The maximum atomic E-state index is 12.2. The zero-order valence-corrected chi connectivity index (χ0v) is 12.1. The first kappa shape index (κ1) is 14.1. The normalized spacial score (nSPS) is 10.2. The lowest BCUT2D eigenvalue weighted by Crippen LogP contribution is -2.24. The van der Waals surface area contributed by atoms with Crippen LogP contribution in [0.2, 0.25) is 0 Å². The van der Waals surface area contributed by atoms with Crippen molar-refractivity contribution in [3.8, 4) is 5.75 Å². The lowest BCUT2D eigenvalue weighted by Gasteiger charge is -2.11. The predicted molar refractivity (Wildman–Crippen MR) is 80.1 cm³/mol. The number of rotatable bonds is 4. The number of nitrogens with one attached hydrogen (secondary N) is 1. The Morgan fingerprint density at radius 2 is 1.90 bits per heavy atom. The first-order chi connectivity index (χ1) is 9.61. The third kappa shape index (κ3) is 3.18. The number of hydrogen-bond acceptors (Lipinski definition) is 2. The minimum absolute atomic E-state index is 0.0582. The van der Waals surface area contributed by atoms with E-state index in [1.54, 1.807) is 7.11 Å². The highest BCUT2D eigenvalue weighted by Crippen LogP contribution is 2.17. The lowest BCUT2D eigenvalue weighted by molar-refractivity contribution is 0.0950. The fourth-order valence-electron chi connectivity index (χ4n) is 2.10. The molecule has 0 fully saturated rings. The van der Waals surface area contributed by atoms with Crippen molar-refractivity contribution in [3.63, 3.8) is 0 Å². The topological polar surface area (TPSA) is 38.3 Å². The molecule has 20 heavy (non-hydrogen) atoms. The summed E-state index contributed by atoms with van der Waals surface area (Å²) < 4.78 is 5.27. The van der Waals surface area contributed by atoms with E-state index in [4.69, 9.17) is 4.74 Å². The fraction of sp³-hybridized carbons (Fsp3) is 0.235. The zero-order valence-electron chi connectivity index (χ0n) is 12.1. The summed E-state index contributed by atoms with van der Waals surface area (Å²) in [5, 5.41) is 2.94. The number of amides is 1. The van der Waals surface area contributed by atoms with Gasteiger partial charge in [-0.15, -0.1) is 0 Å². The zero-order chi connectivity index (χ0) is 14.5. The molecule has 0 unspecified atom stereocenters. The van der Waals surface area contributed by atoms with Gasteiger partial charge < -0.3 is 10.1 Å². The Kier molecular flexibility index (Phi) is 4.41. The Labute approximate surface area is 119 Å². The molecule has 3 nitrogen and oxygen atoms in total. The first-order valence-corrected chi connectivity index (χ1v) is 6.59. The monoisotopic (exact) mass is 269 g/mol. The van der Waals surface area contributed by atoms with Crippen LogP contribution in [0.4, 0.5) is 0 Å². The van der Waals surface area contributed by atoms with Gasteiger partial charge >= 0.3 is 0 Å². The number of carbonyl (C=O) groups excluding carboxylic acids is 1. The summed E-state index contributed by atoms with van der Waals surface area (Å²) in [4.78, 5) is 12.2. The maximum absolute atomic E-state index is 12.2. The molecular formula is C17H19NO2. The van der Waals surface area contributed by atoms with Crippen LogP contribution in [0.25, 0.3) is 0 Å². The van der Waals surface area contributed by atoms with Gasteiger partial charge in [0, 0.05) is 17.7 Å². The molecule has 0 saturated heterocycles. The number of hydrogen-bond donors (Lipinski definition) is 1. The Morgan fingerprint density at radius 3 is 2.65 bits per heavy atom. The third-order valence-corrected chi connectivity index (χ3v) is 3.27. The van der Waals surface area contributed by atoms with E-state index in [1.165, 1.54) is 0 Å². The molecule has 0 spiro atoms. The number of methoxy groups -OCH3 is 1. The second kappa shape index (κ2) is 6.24. The van der Waals surface area contributed by atoms with Gasteiger partial charge in [-0.25, -0.2) is 0 Å². The van der Waals surface area contributed by atoms with Crippen LogP contribution in [-0.4, -0.2) is 13.0 Å². The summed E-state index contributed by atoms with van der Waals surface area (Å²) in [5.41, 5.74) is 3.75. The van der Waals surface area contributed by atoms with Crippen LogP contribution in [0, 0.1) is 13.8 Å². The van der Waals surface area contributed by atoms with Crippen molar-refractivity contribution in [1.29, 1.82) is 0 Å². The van der Waals surface area contributed by atoms with Crippen molar-refractivity contribution in [3.05, 3.63) is 64.7 Å². The van der Waals surface area contributed by atoms with E-state index in [0.717, 1.165) is 28.0 Å². The Morgan fingerprint density at radius 1 is 1.15 bits per heavy atom. The third-order valence-electron chi connectivity index (χ3n) is 3.27. The van der Waals surface area contributed by atoms with Crippen LogP contribution < -0.4 is 10.1 Å². The van der Waals surface area contributed by atoms with Crippen LogP contribution >= 0.6 is 0 Å². The maximum Gasteiger partial charge on any atom is 0.251 e. The van der Waals surface area contributed by atoms with E-state index in [-0.39, 0.29) is 5.91 Å². The average Bonchev–Trinajstić information content (AvgIpc) is 2.47. The van der Waals surface area contributed by atoms with E-state index >= 15 is 0 Å². The molecule has 0 aliphatic carbocycles. The molecule has 104 valence electrons. The quantitative estimate of drug-likeness (QED) is 0.925. The molecule has 2 rings (SSSR count). The highest BCUT2D eigenvalue weighted by molar-refractivity contribution is 5.95. The summed E-state index contributed by atoms with van der Waals surface area (Å²) >= 11 is 0. The van der Waals surface area contributed by atoms with E-state index in [9.17, 15) is 4.79 Å². The molecule has 0 radical (unpaired) electrons. The molecule has 1 amide bonds. The van der Waals surface area contributed by atoms with E-state index in [0.29, 0.717) is 6.54 Å². The van der Waals surface area contributed by atoms with Gasteiger partial charge in [0.1, 0.15) is 5.75 Å². The molecule has 0 aliphatic rings. The van der Waals surface area contributed by atoms with Crippen LogP contribution in [0.3, 0.4) is 0 Å². The van der Waals surface area contributed by atoms with E-state index < -0.39 is 0 Å². The van der Waals surface area contributed by atoms with Crippen LogP contribution in [0.1, 0.15) is 27.0 Å². The molecule has 1 N–H and O–H groups in total. The van der Waals surface area contributed by atoms with Crippen LogP contribution in [0.5, 0.6) is 5.75 Å². The summed E-state index contributed by atoms with van der Waals surface area (Å²) in [6.45, 7) is 4.38. The molecule has 0 saturated carbocycles. The summed E-state index contributed by atoms with van der Waals surface area (Å²) in [5.74, 6) is 0.728. The second-order valence-corrected chi connectivity index (χ2v) is 4.81. The number of ether oxygens (including phenoxy) is 1. The molecular weight excluding hydrogens is 250 g/mol. The lowest BCUT2D eigenvalue weighted by atomic mass is 10.0. The molecule has 0 aliphatic heterocycles. The van der Waals surface area contributed by atoms with Crippen molar-refractivity contribution in [2.45, 2.75) is 20.4 Å². The van der Waals surface area contributed by atoms with Gasteiger partial charge in [0.2, 0.25) is 0 Å². The number of para-hydroxylation sites is 1. The van der Waals surface area contributed by atoms with Gasteiger partial charge in [-0.1, -0.05) is 35.9 Å². The minimum Gasteiger partial charge on any atom is -0.496 e. The Bertz CT molecular complexity index is 620. The van der Waals surface area contributed by atoms with Gasteiger partial charge in [0.25, 0.3) is 5.91 Å². The SMILES string of the molecule is COc1ccccc1CNC(=O)c1cc(C)ccc1C. The second-order valence-electron chi connectivity index (χ2n) is 4.81. The molecule has 0 atom stereocenters. The van der Waals surface area contributed by atoms with Gasteiger partial charge in [-0.3, -0.25) is 4.79 Å². The van der Waals surface area contributed by atoms with Crippen molar-refractivity contribution in [1.82, 2.24) is 5.32 Å². The number of benzene rings is 2. The number of aryl methyl sites for hydroxylation is 2. The minimum atomic E-state index is -0.0582. The molecule has 0 aromatic heterocycles. The van der Waals surface area contributed by atoms with E-state index in [1.807, 2.05) is 56.3 Å². The van der Waals surface area contributed by atoms with Gasteiger partial charge in [-0.05, 0) is 31.5 Å². The highest BCUT2D eigenvalue weighted by Gasteiger charge is 2.10. The molecule has 0 bridgehead atoms. The largest absolute Gasteiger partial charge is 0.496 e. The van der Waals surface area contributed by atoms with Crippen molar-refractivity contribution >= 4 is 5.91 Å². The Hall–Kier alpha value is -2.29. The highest BCUT2D eigenvalue weighted by atomic mass is 16.5. The van der Waals surface area contributed by atoms with Crippen molar-refractivity contribution < 1.29 is 9.53 Å². The van der Waals surface area contributed by atoms with Gasteiger partial charge in [0.15, 0.2) is 0 Å². The van der Waals surface area contributed by atoms with Crippen LogP contribution in [-0.2, 0) is 6.54 Å². The van der Waals surface area contributed by atoms with E-state index in [2.05, 4.69) is 5.32 Å². The van der Waals surface area contributed by atoms with Crippen molar-refractivity contribution in [2.24, 2.45) is 0 Å². The van der Waals surface area contributed by atoms with Crippen molar-refractivity contribution in [2.75, 3.05) is 7.11 Å². The smallest absolute Gasteiger partial charge is 0.251 e. The summed E-state index contributed by atoms with van der Waals surface area (Å²) in [6.07, 6.45) is 0. The predicted octanol–water partition coefficient (Wildman–Crippen LogP) is 3.24. The molecule has 0 heterocycles. The Balaban J connectivity index is 2.11. The van der Waals surface area contributed by atoms with Crippen LogP contribution in [0.15, 0.2) is 42.5 Å². The summed E-state index contributed by atoms with van der Waals surface area (Å²) in [7, 11) is 1.63. The van der Waals surface area contributed by atoms with Gasteiger partial charge in [-0.2, -0.15) is 0 Å². The number of carbonyl (C=O) groups is 1. The molecule has 2 aromatic rings. The first-order valence-electron chi connectivity index (χ1n) is 6.59. The molecule has 3 heteroatoms. The standard InChI is InChI=1S/C17H19NO2/c1-12-8-9-13(2)15(10-12)17(19)18-11-14-6-4-5-7-16(14)20-3/h4-10H,11H2,1-3H3,(H,18,19). The molecule has 2 aromatic carbocycles. The fourth-order valence-corrected chi connectivity index (χ4v) is 2.10. The van der Waals surface area contributed by atoms with Gasteiger partial charge in [0.05, 0.1) is 7.11 Å². The summed E-state index contributed by atoms with van der Waals surface area (Å²) in [6, 6.07) is 13.6.